The third kappa shape index (κ3) is 6.54. The molecular weight excluding hydrogens is 262 g/mol. The van der Waals surface area contributed by atoms with Crippen LogP contribution in [0, 0.1) is 5.92 Å². The molecule has 21 heavy (non-hydrogen) atoms. The molecule has 4 N–H and O–H groups in total. The molecule has 1 aromatic heterocycles. The zero-order valence-corrected chi connectivity index (χ0v) is 12.9. The second-order valence-corrected chi connectivity index (χ2v) is 4.97. The first-order valence-electron chi connectivity index (χ1n) is 6.86. The quantitative estimate of drug-likeness (QED) is 0.297. The van der Waals surface area contributed by atoms with Crippen LogP contribution in [-0.2, 0) is 0 Å². The lowest BCUT2D eigenvalue weighted by Gasteiger charge is -2.07. The molecule has 0 aliphatic rings. The molecular formula is C16H24N5+. The van der Waals surface area contributed by atoms with E-state index in [1.54, 1.807) is 12.5 Å². The highest BCUT2D eigenvalue weighted by molar-refractivity contribution is 5.82. The number of quaternary nitrogens is 1. The van der Waals surface area contributed by atoms with Gasteiger partial charge in [-0.15, -0.1) is 0 Å². The first-order valence-corrected chi connectivity index (χ1v) is 6.86. The van der Waals surface area contributed by atoms with E-state index in [-0.39, 0.29) is 0 Å². The Morgan fingerprint density at radius 1 is 1.43 bits per heavy atom. The standard InChI is InChI=1S/C16H23N5/c1-12(2)8-10-20-21-14(5)18-11-19-15-7-6-9-17-16(15)13(3)4/h6-12,20-21H,3,5H2,1-2,4H3,(H,18,19)/p+1. The van der Waals surface area contributed by atoms with E-state index >= 15 is 0 Å². The molecule has 1 heterocycles. The van der Waals surface area contributed by atoms with E-state index in [0.717, 1.165) is 17.0 Å². The molecule has 0 saturated heterocycles. The fourth-order valence-corrected chi connectivity index (χ4v) is 1.50. The average Bonchev–Trinajstić information content (AvgIpc) is 2.44. The largest absolute Gasteiger partial charge is 0.345 e. The molecule has 112 valence electrons. The molecule has 0 radical (unpaired) electrons. The summed E-state index contributed by atoms with van der Waals surface area (Å²) in [6, 6.07) is 3.79. The van der Waals surface area contributed by atoms with Gasteiger partial charge in [0.1, 0.15) is 6.20 Å². The van der Waals surface area contributed by atoms with Gasteiger partial charge in [0.25, 0.3) is 0 Å². The lowest BCUT2D eigenvalue weighted by atomic mass is 10.2. The summed E-state index contributed by atoms with van der Waals surface area (Å²) in [5, 5.41) is 3.09. The first-order chi connectivity index (χ1) is 10.0. The third-order valence-electron chi connectivity index (χ3n) is 2.49. The van der Waals surface area contributed by atoms with Crippen LogP contribution in [0.1, 0.15) is 26.5 Å². The number of nitrogens with one attached hydrogen (secondary N) is 2. The maximum Gasteiger partial charge on any atom is 0.168 e. The van der Waals surface area contributed by atoms with Gasteiger partial charge < -0.3 is 5.32 Å². The lowest BCUT2D eigenvalue weighted by Crippen LogP contribution is -2.87. The number of allylic oxidation sites excluding steroid dienone is 2. The molecule has 5 nitrogen and oxygen atoms in total. The zero-order chi connectivity index (χ0) is 15.7. The molecule has 0 fully saturated rings. The van der Waals surface area contributed by atoms with Crippen LogP contribution in [-0.4, -0.2) is 11.3 Å². The first kappa shape index (κ1) is 16.7. The molecule has 0 aromatic carbocycles. The number of nitrogens with two attached hydrogens (primary N) is 1. The highest BCUT2D eigenvalue weighted by Crippen LogP contribution is 2.18. The van der Waals surface area contributed by atoms with Gasteiger partial charge in [-0.05, 0) is 36.6 Å². The number of nitrogens with zero attached hydrogens (tertiary/aromatic N) is 2. The van der Waals surface area contributed by atoms with Crippen molar-refractivity contribution < 1.29 is 5.43 Å². The van der Waals surface area contributed by atoms with Crippen LogP contribution in [0.4, 0.5) is 5.69 Å². The minimum atomic E-state index is 0.521. The maximum atomic E-state index is 4.28. The van der Waals surface area contributed by atoms with Crippen molar-refractivity contribution >= 4 is 17.6 Å². The van der Waals surface area contributed by atoms with Gasteiger partial charge in [0, 0.05) is 6.20 Å². The van der Waals surface area contributed by atoms with Gasteiger partial charge in [0.2, 0.25) is 0 Å². The second-order valence-electron chi connectivity index (χ2n) is 4.97. The molecule has 1 rings (SSSR count). The topological polar surface area (TPSA) is 65.9 Å². The summed E-state index contributed by atoms with van der Waals surface area (Å²) < 4.78 is 0. The lowest BCUT2D eigenvalue weighted by molar-refractivity contribution is -0.641. The normalized spacial score (nSPS) is 11.2. The fraction of sp³-hybridized carbons (Fsp3) is 0.250. The second kappa shape index (κ2) is 8.71. The number of hydrogen-bond donors (Lipinski definition) is 3. The van der Waals surface area contributed by atoms with Crippen molar-refractivity contribution in [3.8, 4) is 0 Å². The van der Waals surface area contributed by atoms with Gasteiger partial charge in [-0.25, -0.2) is 15.8 Å². The molecule has 0 spiro atoms. The summed E-state index contributed by atoms with van der Waals surface area (Å²) in [7, 11) is 0. The maximum absolute atomic E-state index is 4.28. The van der Waals surface area contributed by atoms with Crippen molar-refractivity contribution in [3.63, 3.8) is 0 Å². The number of pyridine rings is 1. The van der Waals surface area contributed by atoms with Gasteiger partial charge in [0.15, 0.2) is 5.82 Å². The van der Waals surface area contributed by atoms with Gasteiger partial charge in [-0.3, -0.25) is 4.98 Å². The Balaban J connectivity index is 2.48. The number of aliphatic imine (C=N–C) groups is 1. The SMILES string of the molecule is C=C(N=CNc1cccnc1C(=C)C)N[NH2+]C=CC(C)C. The van der Waals surface area contributed by atoms with Crippen LogP contribution in [0.5, 0.6) is 0 Å². The Labute approximate surface area is 126 Å². The van der Waals surface area contributed by atoms with Crippen LogP contribution in [0.3, 0.4) is 0 Å². The summed E-state index contributed by atoms with van der Waals surface area (Å²) in [6.45, 7) is 13.9. The van der Waals surface area contributed by atoms with E-state index in [2.05, 4.69) is 53.8 Å². The Hall–Kier alpha value is -2.40. The summed E-state index contributed by atoms with van der Waals surface area (Å²) in [5.74, 6) is 1.07. The minimum absolute atomic E-state index is 0.521. The molecule has 0 aliphatic heterocycles. The van der Waals surface area contributed by atoms with Crippen LogP contribution >= 0.6 is 0 Å². The highest BCUT2D eigenvalue weighted by atomic mass is 15.4. The van der Waals surface area contributed by atoms with E-state index in [9.17, 15) is 0 Å². The molecule has 0 bridgehead atoms. The van der Waals surface area contributed by atoms with Crippen molar-refractivity contribution in [2.45, 2.75) is 20.8 Å². The fourth-order valence-electron chi connectivity index (χ4n) is 1.50. The van der Waals surface area contributed by atoms with Crippen molar-refractivity contribution in [3.05, 3.63) is 55.3 Å². The summed E-state index contributed by atoms with van der Waals surface area (Å²) in [4.78, 5) is 8.45. The van der Waals surface area contributed by atoms with Crippen LogP contribution < -0.4 is 16.2 Å². The van der Waals surface area contributed by atoms with Crippen LogP contribution in [0.2, 0.25) is 0 Å². The van der Waals surface area contributed by atoms with Crippen LogP contribution in [0.25, 0.3) is 5.57 Å². The summed E-state index contributed by atoms with van der Waals surface area (Å²) >= 11 is 0. The number of rotatable bonds is 8. The summed E-state index contributed by atoms with van der Waals surface area (Å²) in [5.41, 5.74) is 7.39. The van der Waals surface area contributed by atoms with Gasteiger partial charge in [-0.2, -0.15) is 0 Å². The Kier molecular flexibility index (Phi) is 6.91. The molecule has 0 aliphatic carbocycles. The molecule has 0 amide bonds. The summed E-state index contributed by atoms with van der Waals surface area (Å²) in [6.07, 6.45) is 7.34. The molecule has 5 heteroatoms. The number of anilines is 1. The number of aromatic nitrogens is 1. The Bertz CT molecular complexity index is 543. The van der Waals surface area contributed by atoms with E-state index in [1.165, 1.54) is 0 Å². The van der Waals surface area contributed by atoms with Crippen LogP contribution in [0.15, 0.2) is 54.6 Å². The predicted molar refractivity (Wildman–Crippen MR) is 89.2 cm³/mol. The van der Waals surface area contributed by atoms with E-state index in [1.807, 2.05) is 30.7 Å². The Morgan fingerprint density at radius 2 is 2.19 bits per heavy atom. The van der Waals surface area contributed by atoms with Gasteiger partial charge >= 0.3 is 0 Å². The van der Waals surface area contributed by atoms with Crippen molar-refractivity contribution in [1.82, 2.24) is 10.4 Å². The third-order valence-corrected chi connectivity index (χ3v) is 2.49. The predicted octanol–water partition coefficient (Wildman–Crippen LogP) is 2.26. The molecule has 0 saturated carbocycles. The smallest absolute Gasteiger partial charge is 0.168 e. The van der Waals surface area contributed by atoms with Crippen molar-refractivity contribution in [2.24, 2.45) is 10.9 Å². The molecule has 1 aromatic rings. The van der Waals surface area contributed by atoms with Gasteiger partial charge in [0.05, 0.1) is 17.7 Å². The molecule has 0 atom stereocenters. The Morgan fingerprint density at radius 3 is 2.86 bits per heavy atom. The van der Waals surface area contributed by atoms with E-state index in [4.69, 9.17) is 0 Å². The van der Waals surface area contributed by atoms with Crippen molar-refractivity contribution in [1.29, 1.82) is 0 Å². The van der Waals surface area contributed by atoms with Gasteiger partial charge in [-0.1, -0.05) is 27.0 Å². The monoisotopic (exact) mass is 286 g/mol. The molecule has 0 unspecified atom stereocenters. The van der Waals surface area contributed by atoms with Crippen molar-refractivity contribution in [2.75, 3.05) is 5.32 Å². The zero-order valence-electron chi connectivity index (χ0n) is 12.9. The number of hydrogen-bond acceptors (Lipinski definition) is 3. The average molecular weight is 286 g/mol. The van der Waals surface area contributed by atoms with E-state index < -0.39 is 0 Å². The highest BCUT2D eigenvalue weighted by Gasteiger charge is 2.01. The minimum Gasteiger partial charge on any atom is -0.345 e. The van der Waals surface area contributed by atoms with E-state index in [0.29, 0.717) is 11.7 Å².